The SMILES string of the molecule is Cc1cc(C)c2[nH]c(=O)c([C@@H](c3nnnn3Cc3ccco3)N3CCN(c4cc(Cl)ccc4C)CC3)cc2c1. The Labute approximate surface area is 231 Å². The van der Waals surface area contributed by atoms with Gasteiger partial charge < -0.3 is 14.3 Å². The quantitative estimate of drug-likeness (QED) is 0.333. The molecule has 0 aliphatic carbocycles. The van der Waals surface area contributed by atoms with Gasteiger partial charge >= 0.3 is 0 Å². The van der Waals surface area contributed by atoms with Crippen LogP contribution in [0.15, 0.2) is 64.0 Å². The van der Waals surface area contributed by atoms with Gasteiger partial charge in [0, 0.05) is 42.5 Å². The van der Waals surface area contributed by atoms with E-state index in [0.717, 1.165) is 51.6 Å². The zero-order valence-corrected chi connectivity index (χ0v) is 22.9. The number of aromatic nitrogens is 5. The zero-order valence-electron chi connectivity index (χ0n) is 22.2. The number of fused-ring (bicyclic) bond motifs is 1. The summed E-state index contributed by atoms with van der Waals surface area (Å²) in [4.78, 5) is 21.4. The number of benzene rings is 2. The second-order valence-electron chi connectivity index (χ2n) is 10.2. The molecule has 0 unspecified atom stereocenters. The van der Waals surface area contributed by atoms with E-state index in [9.17, 15) is 4.79 Å². The minimum Gasteiger partial charge on any atom is -0.467 e. The molecule has 0 saturated carbocycles. The second kappa shape index (κ2) is 10.3. The molecule has 10 heteroatoms. The van der Waals surface area contributed by atoms with Gasteiger partial charge in [-0.2, -0.15) is 0 Å². The Morgan fingerprint density at radius 2 is 1.85 bits per heavy atom. The monoisotopic (exact) mass is 543 g/mol. The molecule has 1 aliphatic rings. The largest absolute Gasteiger partial charge is 0.467 e. The number of aryl methyl sites for hydroxylation is 3. The maximum atomic E-state index is 13.6. The molecule has 9 nitrogen and oxygen atoms in total. The van der Waals surface area contributed by atoms with Gasteiger partial charge in [0.15, 0.2) is 5.82 Å². The van der Waals surface area contributed by atoms with E-state index in [1.807, 2.05) is 43.3 Å². The van der Waals surface area contributed by atoms with Crippen LogP contribution in [0.5, 0.6) is 0 Å². The number of piperazine rings is 1. The molecule has 1 fully saturated rings. The molecule has 2 aromatic carbocycles. The lowest BCUT2D eigenvalue weighted by Gasteiger charge is -2.40. The topological polar surface area (TPSA) is 96.1 Å². The first-order valence-corrected chi connectivity index (χ1v) is 13.4. The number of hydrogen-bond acceptors (Lipinski definition) is 7. The normalized spacial score (nSPS) is 15.2. The smallest absolute Gasteiger partial charge is 0.253 e. The molecule has 6 rings (SSSR count). The first-order valence-electron chi connectivity index (χ1n) is 13.0. The molecule has 1 aliphatic heterocycles. The van der Waals surface area contributed by atoms with Crippen LogP contribution in [-0.2, 0) is 6.54 Å². The van der Waals surface area contributed by atoms with Crippen LogP contribution < -0.4 is 10.5 Å². The Morgan fingerprint density at radius 1 is 1.03 bits per heavy atom. The van der Waals surface area contributed by atoms with Crippen LogP contribution in [0.4, 0.5) is 5.69 Å². The third kappa shape index (κ3) is 4.95. The highest BCUT2D eigenvalue weighted by atomic mass is 35.5. The molecule has 1 atom stereocenters. The summed E-state index contributed by atoms with van der Waals surface area (Å²) in [5.41, 5.74) is 5.83. The van der Waals surface area contributed by atoms with E-state index in [1.165, 1.54) is 5.56 Å². The third-order valence-electron chi connectivity index (χ3n) is 7.50. The molecule has 0 amide bonds. The second-order valence-corrected chi connectivity index (χ2v) is 10.7. The van der Waals surface area contributed by atoms with Crippen molar-refractivity contribution in [3.8, 4) is 0 Å². The van der Waals surface area contributed by atoms with Gasteiger partial charge in [0.1, 0.15) is 18.3 Å². The molecule has 39 heavy (non-hydrogen) atoms. The van der Waals surface area contributed by atoms with Crippen molar-refractivity contribution >= 4 is 28.2 Å². The van der Waals surface area contributed by atoms with Crippen molar-refractivity contribution in [3.05, 3.63) is 104 Å². The standard InChI is InChI=1S/C29H30ClN7O2/c1-18-13-20(3)26-21(14-18)15-24(29(38)31-26)27(28-32-33-34-37(28)17-23-5-4-12-39-23)36-10-8-35(9-11-36)25-16-22(30)7-6-19(25)2/h4-7,12-16,27H,8-11,17H2,1-3H3,(H,31,38)/t27-/m0/s1. The average Bonchev–Trinajstić information content (AvgIpc) is 3.60. The average molecular weight is 544 g/mol. The first-order chi connectivity index (χ1) is 18.9. The van der Waals surface area contributed by atoms with Crippen molar-refractivity contribution in [1.29, 1.82) is 0 Å². The van der Waals surface area contributed by atoms with E-state index >= 15 is 0 Å². The fourth-order valence-corrected chi connectivity index (χ4v) is 5.79. The molecule has 1 saturated heterocycles. The highest BCUT2D eigenvalue weighted by molar-refractivity contribution is 6.30. The van der Waals surface area contributed by atoms with Gasteiger partial charge in [-0.05, 0) is 84.1 Å². The van der Waals surface area contributed by atoms with E-state index in [2.05, 4.69) is 56.3 Å². The zero-order chi connectivity index (χ0) is 27.1. The summed E-state index contributed by atoms with van der Waals surface area (Å²) in [5, 5.41) is 14.4. The fraction of sp³-hybridized carbons (Fsp3) is 0.310. The molecule has 4 heterocycles. The van der Waals surface area contributed by atoms with Crippen molar-refractivity contribution in [3.63, 3.8) is 0 Å². The number of nitrogens with one attached hydrogen (secondary N) is 1. The molecule has 1 N–H and O–H groups in total. The molecule has 0 radical (unpaired) electrons. The van der Waals surface area contributed by atoms with Crippen LogP contribution in [0.25, 0.3) is 10.9 Å². The van der Waals surface area contributed by atoms with Crippen LogP contribution >= 0.6 is 11.6 Å². The van der Waals surface area contributed by atoms with Crippen LogP contribution in [0, 0.1) is 20.8 Å². The number of H-pyrrole nitrogens is 1. The summed E-state index contributed by atoms with van der Waals surface area (Å²) in [7, 11) is 0. The number of aromatic amines is 1. The summed E-state index contributed by atoms with van der Waals surface area (Å²) >= 11 is 6.32. The van der Waals surface area contributed by atoms with Crippen LogP contribution in [0.1, 0.15) is 39.9 Å². The minimum atomic E-state index is -0.438. The molecule has 5 aromatic rings. The number of tetrazole rings is 1. The summed E-state index contributed by atoms with van der Waals surface area (Å²) in [5.74, 6) is 1.34. The van der Waals surface area contributed by atoms with E-state index in [-0.39, 0.29) is 5.56 Å². The lowest BCUT2D eigenvalue weighted by Crippen LogP contribution is -2.49. The Hall–Kier alpha value is -3.95. The number of furan rings is 1. The number of anilines is 1. The van der Waals surface area contributed by atoms with Crippen LogP contribution in [-0.4, -0.2) is 56.3 Å². The summed E-state index contributed by atoms with van der Waals surface area (Å²) in [6, 6.07) is 15.5. The molecule has 0 spiro atoms. The lowest BCUT2D eigenvalue weighted by atomic mass is 10.00. The predicted octanol–water partition coefficient (Wildman–Crippen LogP) is 4.65. The molecular weight excluding hydrogens is 514 g/mol. The Morgan fingerprint density at radius 3 is 2.62 bits per heavy atom. The summed E-state index contributed by atoms with van der Waals surface area (Å²) in [6.45, 7) is 9.55. The van der Waals surface area contributed by atoms with Gasteiger partial charge in [0.25, 0.3) is 5.56 Å². The van der Waals surface area contributed by atoms with Crippen molar-refractivity contribution in [2.75, 3.05) is 31.1 Å². The summed E-state index contributed by atoms with van der Waals surface area (Å²) < 4.78 is 7.29. The van der Waals surface area contributed by atoms with Crippen molar-refractivity contribution in [2.45, 2.75) is 33.4 Å². The first kappa shape index (κ1) is 25.3. The van der Waals surface area contributed by atoms with Gasteiger partial charge in [-0.3, -0.25) is 9.69 Å². The van der Waals surface area contributed by atoms with Crippen LogP contribution in [0.2, 0.25) is 5.02 Å². The van der Waals surface area contributed by atoms with E-state index < -0.39 is 6.04 Å². The third-order valence-corrected chi connectivity index (χ3v) is 7.73. The van der Waals surface area contributed by atoms with Gasteiger partial charge in [0.05, 0.1) is 11.8 Å². The molecule has 3 aromatic heterocycles. The Kier molecular flexibility index (Phi) is 6.70. The van der Waals surface area contributed by atoms with Gasteiger partial charge in [0.2, 0.25) is 0 Å². The number of halogens is 1. The van der Waals surface area contributed by atoms with Crippen molar-refractivity contribution in [1.82, 2.24) is 30.1 Å². The highest BCUT2D eigenvalue weighted by Crippen LogP contribution is 2.31. The van der Waals surface area contributed by atoms with E-state index in [4.69, 9.17) is 16.0 Å². The summed E-state index contributed by atoms with van der Waals surface area (Å²) in [6.07, 6.45) is 1.63. The number of rotatable bonds is 6. The van der Waals surface area contributed by atoms with Crippen molar-refractivity contribution < 1.29 is 4.42 Å². The van der Waals surface area contributed by atoms with Crippen LogP contribution in [0.3, 0.4) is 0 Å². The minimum absolute atomic E-state index is 0.139. The lowest BCUT2D eigenvalue weighted by molar-refractivity contribution is 0.200. The molecule has 200 valence electrons. The molecular formula is C29H30ClN7O2. The van der Waals surface area contributed by atoms with E-state index in [0.29, 0.717) is 31.0 Å². The number of pyridine rings is 1. The maximum Gasteiger partial charge on any atom is 0.253 e. The Bertz CT molecular complexity index is 1680. The van der Waals surface area contributed by atoms with E-state index in [1.54, 1.807) is 10.9 Å². The maximum absolute atomic E-state index is 13.6. The fourth-order valence-electron chi connectivity index (χ4n) is 5.62. The predicted molar refractivity (Wildman–Crippen MR) is 151 cm³/mol. The van der Waals surface area contributed by atoms with Crippen molar-refractivity contribution in [2.24, 2.45) is 0 Å². The Balaban J connectivity index is 1.40. The number of hydrogen-bond donors (Lipinski definition) is 1. The number of nitrogens with zero attached hydrogens (tertiary/aromatic N) is 6. The molecule has 0 bridgehead atoms. The van der Waals surface area contributed by atoms with Gasteiger partial charge in [-0.1, -0.05) is 29.3 Å². The van der Waals surface area contributed by atoms with Gasteiger partial charge in [-0.15, -0.1) is 5.10 Å². The van der Waals surface area contributed by atoms with Gasteiger partial charge in [-0.25, -0.2) is 4.68 Å². The highest BCUT2D eigenvalue weighted by Gasteiger charge is 2.33.